The van der Waals surface area contributed by atoms with Crippen molar-refractivity contribution < 1.29 is 4.74 Å². The highest BCUT2D eigenvalue weighted by atomic mass is 35.5. The van der Waals surface area contributed by atoms with Crippen LogP contribution in [0.5, 0.6) is 0 Å². The van der Waals surface area contributed by atoms with Gasteiger partial charge in [-0.15, -0.1) is 0 Å². The number of hydrogen-bond acceptors (Lipinski definition) is 4. The molecule has 6 heteroatoms. The van der Waals surface area contributed by atoms with Crippen LogP contribution in [0.15, 0.2) is 12.3 Å². The highest BCUT2D eigenvalue weighted by Crippen LogP contribution is 2.29. The monoisotopic (exact) mass is 275 g/mol. The fraction of sp³-hybridized carbons (Fsp3) is 0.545. The van der Waals surface area contributed by atoms with Crippen LogP contribution >= 0.6 is 23.2 Å². The van der Waals surface area contributed by atoms with Crippen LogP contribution < -0.4 is 11.1 Å². The Kier molecular flexibility index (Phi) is 4.09. The van der Waals surface area contributed by atoms with Crippen molar-refractivity contribution in [2.24, 2.45) is 5.73 Å². The SMILES string of the molecule is CCOC1CC(N)C1Nc1ncc(Cl)cc1Cl. The van der Waals surface area contributed by atoms with Crippen molar-refractivity contribution >= 4 is 29.0 Å². The Morgan fingerprint density at radius 1 is 1.59 bits per heavy atom. The third kappa shape index (κ3) is 2.83. The Balaban J connectivity index is 2.04. The predicted molar refractivity (Wildman–Crippen MR) is 69.7 cm³/mol. The van der Waals surface area contributed by atoms with Gasteiger partial charge in [-0.3, -0.25) is 0 Å². The Labute approximate surface area is 110 Å². The predicted octanol–water partition coefficient (Wildman–Crippen LogP) is 2.30. The maximum Gasteiger partial charge on any atom is 0.145 e. The van der Waals surface area contributed by atoms with Crippen LogP contribution in [-0.2, 0) is 4.74 Å². The first-order chi connectivity index (χ1) is 8.11. The third-order valence-electron chi connectivity index (χ3n) is 2.86. The largest absolute Gasteiger partial charge is 0.376 e. The topological polar surface area (TPSA) is 60.2 Å². The molecule has 1 heterocycles. The van der Waals surface area contributed by atoms with Crippen molar-refractivity contribution in [2.75, 3.05) is 11.9 Å². The van der Waals surface area contributed by atoms with Crippen molar-refractivity contribution in [3.05, 3.63) is 22.3 Å². The molecule has 1 aliphatic rings. The molecule has 1 saturated carbocycles. The van der Waals surface area contributed by atoms with E-state index in [1.807, 2.05) is 6.92 Å². The van der Waals surface area contributed by atoms with Crippen molar-refractivity contribution in [1.82, 2.24) is 4.98 Å². The summed E-state index contributed by atoms with van der Waals surface area (Å²) in [6.45, 7) is 2.64. The normalized spacial score (nSPS) is 27.6. The van der Waals surface area contributed by atoms with Crippen molar-refractivity contribution in [3.63, 3.8) is 0 Å². The fourth-order valence-corrected chi connectivity index (χ4v) is 2.34. The number of halogens is 2. The van der Waals surface area contributed by atoms with Gasteiger partial charge in [-0.1, -0.05) is 23.2 Å². The van der Waals surface area contributed by atoms with Gasteiger partial charge in [0, 0.05) is 18.8 Å². The van der Waals surface area contributed by atoms with Crippen molar-refractivity contribution in [1.29, 1.82) is 0 Å². The van der Waals surface area contributed by atoms with Crippen LogP contribution in [0, 0.1) is 0 Å². The summed E-state index contributed by atoms with van der Waals surface area (Å²) in [5.74, 6) is 0.598. The maximum absolute atomic E-state index is 6.04. The summed E-state index contributed by atoms with van der Waals surface area (Å²) in [6, 6.07) is 1.78. The Morgan fingerprint density at radius 3 is 2.94 bits per heavy atom. The van der Waals surface area contributed by atoms with Gasteiger partial charge in [-0.2, -0.15) is 0 Å². The molecule has 1 aromatic heterocycles. The summed E-state index contributed by atoms with van der Waals surface area (Å²) in [4.78, 5) is 4.14. The molecule has 0 amide bonds. The van der Waals surface area contributed by atoms with Crippen LogP contribution in [0.2, 0.25) is 10.0 Å². The molecule has 0 spiro atoms. The van der Waals surface area contributed by atoms with Gasteiger partial charge < -0.3 is 15.8 Å². The quantitative estimate of drug-likeness (QED) is 0.886. The van der Waals surface area contributed by atoms with E-state index in [4.69, 9.17) is 33.7 Å². The van der Waals surface area contributed by atoms with Crippen LogP contribution in [-0.4, -0.2) is 29.8 Å². The minimum absolute atomic E-state index is 0.0566. The van der Waals surface area contributed by atoms with E-state index in [0.29, 0.717) is 22.5 Å². The highest BCUT2D eigenvalue weighted by Gasteiger charge is 2.39. The number of nitrogens with zero attached hydrogens (tertiary/aromatic N) is 1. The summed E-state index contributed by atoms with van der Waals surface area (Å²) in [5.41, 5.74) is 5.93. The van der Waals surface area contributed by atoms with Crippen LogP contribution in [0.1, 0.15) is 13.3 Å². The fourth-order valence-electron chi connectivity index (χ4n) is 1.91. The molecule has 3 N–H and O–H groups in total. The standard InChI is InChI=1S/C11H15Cl2N3O/c1-2-17-9-4-8(14)10(9)16-11-7(13)3-6(12)5-15-11/h3,5,8-10H,2,4,14H2,1H3,(H,15,16). The molecule has 1 fully saturated rings. The zero-order chi connectivity index (χ0) is 12.4. The minimum Gasteiger partial charge on any atom is -0.376 e. The van der Waals surface area contributed by atoms with Gasteiger partial charge in [0.15, 0.2) is 0 Å². The molecule has 0 saturated heterocycles. The number of rotatable bonds is 4. The molecule has 94 valence electrons. The zero-order valence-electron chi connectivity index (χ0n) is 9.49. The first kappa shape index (κ1) is 12.9. The molecule has 2 rings (SSSR count). The molecule has 1 aromatic rings. The number of anilines is 1. The zero-order valence-corrected chi connectivity index (χ0v) is 11.0. The summed E-state index contributed by atoms with van der Waals surface area (Å²) < 4.78 is 5.56. The summed E-state index contributed by atoms with van der Waals surface area (Å²) >= 11 is 11.8. The second kappa shape index (κ2) is 5.40. The number of nitrogens with two attached hydrogens (primary N) is 1. The van der Waals surface area contributed by atoms with E-state index in [9.17, 15) is 0 Å². The summed E-state index contributed by atoms with van der Waals surface area (Å²) in [6.07, 6.45) is 2.54. The van der Waals surface area contributed by atoms with E-state index < -0.39 is 0 Å². The second-order valence-electron chi connectivity index (χ2n) is 4.05. The lowest BCUT2D eigenvalue weighted by atomic mass is 9.83. The van der Waals surface area contributed by atoms with Crippen molar-refractivity contribution in [2.45, 2.75) is 31.5 Å². The molecular formula is C11H15Cl2N3O. The van der Waals surface area contributed by atoms with Gasteiger partial charge in [-0.05, 0) is 19.4 Å². The molecule has 3 atom stereocenters. The highest BCUT2D eigenvalue weighted by molar-refractivity contribution is 6.35. The Bertz CT molecular complexity index is 400. The van der Waals surface area contributed by atoms with Gasteiger partial charge in [0.1, 0.15) is 5.82 Å². The third-order valence-corrected chi connectivity index (χ3v) is 3.35. The maximum atomic E-state index is 6.04. The molecule has 0 radical (unpaired) electrons. The number of nitrogens with one attached hydrogen (secondary N) is 1. The average Bonchev–Trinajstić information content (AvgIpc) is 2.27. The Hall–Kier alpha value is -0.550. The van der Waals surface area contributed by atoms with Gasteiger partial charge in [0.25, 0.3) is 0 Å². The van der Waals surface area contributed by atoms with Crippen molar-refractivity contribution in [3.8, 4) is 0 Å². The molecule has 1 aliphatic carbocycles. The first-order valence-electron chi connectivity index (χ1n) is 5.56. The molecule has 4 nitrogen and oxygen atoms in total. The van der Waals surface area contributed by atoms with Gasteiger partial charge >= 0.3 is 0 Å². The molecule has 0 bridgehead atoms. The lowest BCUT2D eigenvalue weighted by Crippen LogP contribution is -2.60. The summed E-state index contributed by atoms with van der Waals surface area (Å²) in [7, 11) is 0. The molecule has 17 heavy (non-hydrogen) atoms. The van der Waals surface area contributed by atoms with Crippen LogP contribution in [0.3, 0.4) is 0 Å². The van der Waals surface area contributed by atoms with Crippen LogP contribution in [0.4, 0.5) is 5.82 Å². The first-order valence-corrected chi connectivity index (χ1v) is 6.32. The number of hydrogen-bond donors (Lipinski definition) is 2. The van der Waals surface area contributed by atoms with E-state index in [2.05, 4.69) is 10.3 Å². The van der Waals surface area contributed by atoms with E-state index in [-0.39, 0.29) is 18.2 Å². The lowest BCUT2D eigenvalue weighted by Gasteiger charge is -2.42. The smallest absolute Gasteiger partial charge is 0.145 e. The molecule has 0 aliphatic heterocycles. The van der Waals surface area contributed by atoms with Crippen LogP contribution in [0.25, 0.3) is 0 Å². The van der Waals surface area contributed by atoms with Gasteiger partial charge in [0.05, 0.1) is 22.2 Å². The molecule has 0 aromatic carbocycles. The second-order valence-corrected chi connectivity index (χ2v) is 4.89. The van der Waals surface area contributed by atoms with E-state index in [1.54, 1.807) is 12.3 Å². The number of pyridine rings is 1. The average molecular weight is 276 g/mol. The number of ether oxygens (including phenoxy) is 1. The minimum atomic E-state index is 0.0566. The van der Waals surface area contributed by atoms with Gasteiger partial charge in [0.2, 0.25) is 0 Å². The van der Waals surface area contributed by atoms with E-state index in [0.717, 1.165) is 6.42 Å². The number of aromatic nitrogens is 1. The lowest BCUT2D eigenvalue weighted by molar-refractivity contribution is -0.0127. The van der Waals surface area contributed by atoms with E-state index in [1.165, 1.54) is 0 Å². The Morgan fingerprint density at radius 2 is 2.35 bits per heavy atom. The summed E-state index contributed by atoms with van der Waals surface area (Å²) in [5, 5.41) is 4.21. The van der Waals surface area contributed by atoms with Gasteiger partial charge in [-0.25, -0.2) is 4.98 Å². The molecular weight excluding hydrogens is 261 g/mol. The van der Waals surface area contributed by atoms with E-state index >= 15 is 0 Å². The molecule has 3 unspecified atom stereocenters.